The van der Waals surface area contributed by atoms with E-state index in [0.29, 0.717) is 16.9 Å². The van der Waals surface area contributed by atoms with E-state index in [2.05, 4.69) is 48.4 Å². The third-order valence-electron chi connectivity index (χ3n) is 5.70. The third-order valence-corrected chi connectivity index (χ3v) is 9.41. The lowest BCUT2D eigenvalue weighted by Crippen LogP contribution is -2.18. The number of amides is 1. The lowest BCUT2D eigenvalue weighted by atomic mass is 10.3. The number of rotatable bonds is 7. The zero-order valence-electron chi connectivity index (χ0n) is 23.7. The number of hydrogen-bond acceptors (Lipinski definition) is 12. The van der Waals surface area contributed by atoms with Gasteiger partial charge >= 0.3 is 0 Å². The molecule has 3 aromatic heterocycles. The van der Waals surface area contributed by atoms with Crippen LogP contribution in [0.1, 0.15) is 11.1 Å². The molecular weight excluding hydrogens is 657 g/mol. The second-order valence-corrected chi connectivity index (χ2v) is 13.2. The number of carbonyl (C=O) groups excluding carboxylic acids is 1. The van der Waals surface area contributed by atoms with Crippen LogP contribution in [0.3, 0.4) is 0 Å². The summed E-state index contributed by atoms with van der Waals surface area (Å²) < 4.78 is 51.8. The van der Waals surface area contributed by atoms with Crippen molar-refractivity contribution in [3.05, 3.63) is 107 Å². The van der Waals surface area contributed by atoms with Crippen LogP contribution in [0, 0.1) is 18.6 Å². The molecule has 1 amide bonds. The number of H-pyrrole nitrogens is 1. The largest absolute Gasteiger partial charge is 0.297 e. The normalized spacial score (nSPS) is 10.6. The number of hydrogen-bond donors (Lipinski definition) is 3. The number of aromatic nitrogens is 5. The Hall–Kier alpha value is -4.77. The lowest BCUT2D eigenvalue weighted by Gasteiger charge is -2.06. The molecule has 4 N–H and O–H groups in total. The fourth-order valence-corrected chi connectivity index (χ4v) is 6.39. The molecule has 0 aliphatic rings. The van der Waals surface area contributed by atoms with Gasteiger partial charge in [0, 0.05) is 18.1 Å². The van der Waals surface area contributed by atoms with Gasteiger partial charge in [-0.3, -0.25) is 19.9 Å². The number of nitrogens with zero attached hydrogens (tertiary/aromatic N) is 5. The van der Waals surface area contributed by atoms with Gasteiger partial charge in [-0.25, -0.2) is 32.6 Å². The second kappa shape index (κ2) is 15.8. The molecule has 0 atom stereocenters. The van der Waals surface area contributed by atoms with E-state index >= 15 is 0 Å². The van der Waals surface area contributed by atoms with Gasteiger partial charge in [-0.1, -0.05) is 0 Å². The Morgan fingerprint density at radius 3 is 1.71 bits per heavy atom. The zero-order valence-corrected chi connectivity index (χ0v) is 27.0. The monoisotopic (exact) mass is 682 g/mol. The fourth-order valence-electron chi connectivity index (χ4n) is 3.52. The summed E-state index contributed by atoms with van der Waals surface area (Å²) in [4.78, 5) is 20.9. The molecule has 0 aliphatic carbocycles. The van der Waals surface area contributed by atoms with Crippen molar-refractivity contribution in [3.63, 3.8) is 0 Å². The molecular formula is C28H26N8O5S4. The summed E-state index contributed by atoms with van der Waals surface area (Å²) in [5.74, 6) is 4.41. The van der Waals surface area contributed by atoms with Crippen molar-refractivity contribution in [1.82, 2.24) is 30.2 Å². The van der Waals surface area contributed by atoms with E-state index in [-0.39, 0.29) is 19.8 Å². The number of aliphatic imine (C=N–C) groups is 1. The average Bonchev–Trinajstić information content (AvgIpc) is 3.47. The SMILES string of the molecule is Cc1ccnc(S(=O)(=O)c2ccc(-n3cn[nH]c3=S)cc2)c1.Cc1ccnc(S(=O)(=O)c2ccc(N=C=S)cc2)c1.NNC=O. The van der Waals surface area contributed by atoms with E-state index in [9.17, 15) is 16.8 Å². The summed E-state index contributed by atoms with van der Waals surface area (Å²) in [6.07, 6.45) is 4.91. The predicted octanol–water partition coefficient (Wildman–Crippen LogP) is 4.03. The van der Waals surface area contributed by atoms with Crippen LogP contribution in [0.2, 0.25) is 0 Å². The molecule has 0 unspecified atom stereocenters. The molecule has 0 radical (unpaired) electrons. The van der Waals surface area contributed by atoms with Gasteiger partial charge in [0.05, 0.1) is 20.6 Å². The van der Waals surface area contributed by atoms with Gasteiger partial charge in [0.25, 0.3) is 0 Å². The second-order valence-electron chi connectivity index (χ2n) is 8.86. The topological polar surface area (TPSA) is 195 Å². The van der Waals surface area contributed by atoms with E-state index in [1.165, 1.54) is 43.0 Å². The summed E-state index contributed by atoms with van der Waals surface area (Å²) in [6, 6.07) is 19.1. The highest BCUT2D eigenvalue weighted by molar-refractivity contribution is 7.91. The van der Waals surface area contributed by atoms with E-state index in [0.717, 1.165) is 16.8 Å². The number of aryl methyl sites for hydroxylation is 2. The molecule has 13 nitrogen and oxygen atoms in total. The van der Waals surface area contributed by atoms with Crippen LogP contribution >= 0.6 is 24.4 Å². The fraction of sp³-hybridized carbons (Fsp3) is 0.0714. The zero-order chi connectivity index (χ0) is 33.0. The standard InChI is InChI=1S/C14H12N4O2S2.C13H10N2O2S2.CH4N2O/c1-10-6-7-15-13(8-10)22(19,20)12-4-2-11(3-5-12)18-9-16-17-14(18)21;1-10-6-7-14-13(8-10)19(16,17)12-4-2-11(3-5-12)15-9-18;2-3-1-4/h2-9H,1H3,(H,17,21);2-8H,1H3;1H,2H2,(H,3,4). The van der Waals surface area contributed by atoms with Gasteiger partial charge in [0.1, 0.15) is 6.33 Å². The summed E-state index contributed by atoms with van der Waals surface area (Å²) in [7, 11) is -7.22. The Bertz CT molecular complexity index is 2090. The number of sulfone groups is 2. The molecule has 45 heavy (non-hydrogen) atoms. The van der Waals surface area contributed by atoms with Crippen LogP contribution in [-0.4, -0.2) is 53.1 Å². The molecule has 3 heterocycles. The number of nitrogens with one attached hydrogen (secondary N) is 2. The lowest BCUT2D eigenvalue weighted by molar-refractivity contribution is -0.109. The number of isothiocyanates is 1. The molecule has 5 rings (SSSR count). The van der Waals surface area contributed by atoms with Crippen LogP contribution in [0.4, 0.5) is 5.69 Å². The van der Waals surface area contributed by atoms with Crippen molar-refractivity contribution in [2.45, 2.75) is 33.7 Å². The maximum Gasteiger partial charge on any atom is 0.223 e. The quantitative estimate of drug-likeness (QED) is 0.0560. The Labute approximate surface area is 269 Å². The molecule has 0 aliphatic heterocycles. The van der Waals surface area contributed by atoms with Crippen molar-refractivity contribution in [1.29, 1.82) is 0 Å². The van der Waals surface area contributed by atoms with E-state index in [4.69, 9.17) is 17.0 Å². The van der Waals surface area contributed by atoms with Crippen molar-refractivity contribution >= 4 is 61.4 Å². The minimum absolute atomic E-state index is 0.0404. The minimum atomic E-state index is -3.63. The summed E-state index contributed by atoms with van der Waals surface area (Å²) in [5, 5.41) is 8.79. The van der Waals surface area contributed by atoms with Crippen molar-refractivity contribution in [3.8, 4) is 5.69 Å². The number of pyridine rings is 2. The Kier molecular flexibility index (Phi) is 12.2. The predicted molar refractivity (Wildman–Crippen MR) is 172 cm³/mol. The van der Waals surface area contributed by atoms with Gasteiger partial charge in [-0.2, -0.15) is 10.1 Å². The number of carbonyl (C=O) groups is 1. The maximum atomic E-state index is 12.5. The summed E-state index contributed by atoms with van der Waals surface area (Å²) in [6.45, 7) is 3.64. The van der Waals surface area contributed by atoms with Gasteiger partial charge < -0.3 is 0 Å². The van der Waals surface area contributed by atoms with Crippen molar-refractivity contribution < 1.29 is 21.6 Å². The number of benzene rings is 2. The van der Waals surface area contributed by atoms with E-state index < -0.39 is 19.7 Å². The molecule has 17 heteroatoms. The van der Waals surface area contributed by atoms with Gasteiger partial charge in [-0.05, 0) is 122 Å². The van der Waals surface area contributed by atoms with E-state index in [1.54, 1.807) is 58.5 Å². The molecule has 0 bridgehead atoms. The van der Waals surface area contributed by atoms with E-state index in [1.807, 2.05) is 13.8 Å². The number of aromatic amines is 1. The average molecular weight is 683 g/mol. The molecule has 0 spiro atoms. The third kappa shape index (κ3) is 9.12. The first-order valence-corrected chi connectivity index (χ1v) is 16.4. The highest BCUT2D eigenvalue weighted by Gasteiger charge is 2.20. The highest BCUT2D eigenvalue weighted by atomic mass is 32.2. The summed E-state index contributed by atoms with van der Waals surface area (Å²) >= 11 is 9.57. The van der Waals surface area contributed by atoms with Crippen molar-refractivity contribution in [2.24, 2.45) is 10.8 Å². The van der Waals surface area contributed by atoms with Crippen LogP contribution in [0.5, 0.6) is 0 Å². The highest BCUT2D eigenvalue weighted by Crippen LogP contribution is 2.23. The smallest absolute Gasteiger partial charge is 0.223 e. The molecule has 2 aromatic carbocycles. The molecule has 232 valence electrons. The molecule has 5 aromatic rings. The maximum absolute atomic E-state index is 12.5. The van der Waals surface area contributed by atoms with Crippen LogP contribution in [-0.2, 0) is 24.5 Å². The first-order valence-electron chi connectivity index (χ1n) is 12.6. The Morgan fingerprint density at radius 1 is 0.867 bits per heavy atom. The molecule has 0 saturated heterocycles. The number of hydrazine groups is 1. The first kappa shape index (κ1) is 34.7. The van der Waals surface area contributed by atoms with Crippen molar-refractivity contribution in [2.75, 3.05) is 0 Å². The van der Waals surface area contributed by atoms with Crippen LogP contribution < -0.4 is 11.3 Å². The molecule has 0 saturated carbocycles. The van der Waals surface area contributed by atoms with Gasteiger partial charge in [-0.15, -0.1) is 0 Å². The minimum Gasteiger partial charge on any atom is -0.297 e. The van der Waals surface area contributed by atoms with Crippen LogP contribution in [0.15, 0.2) is 116 Å². The summed E-state index contributed by atoms with van der Waals surface area (Å²) in [5.41, 5.74) is 4.73. The van der Waals surface area contributed by atoms with Gasteiger partial charge in [0.2, 0.25) is 26.1 Å². The Morgan fingerprint density at radius 2 is 1.33 bits per heavy atom. The Balaban J connectivity index is 0.000000222. The molecule has 0 fully saturated rings. The number of nitrogens with two attached hydrogens (primary N) is 1. The first-order chi connectivity index (χ1) is 21.4. The van der Waals surface area contributed by atoms with Gasteiger partial charge in [0.15, 0.2) is 14.8 Å². The van der Waals surface area contributed by atoms with Crippen LogP contribution in [0.25, 0.3) is 5.69 Å². The number of thiocarbonyl (C=S) groups is 1.